The van der Waals surface area contributed by atoms with Crippen LogP contribution in [0.1, 0.15) is 6.42 Å². The first-order valence-corrected chi connectivity index (χ1v) is 8.48. The second-order valence-electron chi connectivity index (χ2n) is 6.35. The number of anilines is 1. The third-order valence-corrected chi connectivity index (χ3v) is 4.96. The second-order valence-corrected chi connectivity index (χ2v) is 6.79. The zero-order chi connectivity index (χ0) is 17.3. The van der Waals surface area contributed by atoms with Gasteiger partial charge in [-0.1, -0.05) is 11.6 Å². The maximum absolute atomic E-state index is 12.7. The first-order chi connectivity index (χ1) is 11.5. The van der Waals surface area contributed by atoms with Crippen molar-refractivity contribution in [1.29, 1.82) is 0 Å². The fourth-order valence-corrected chi connectivity index (χ4v) is 3.43. The van der Waals surface area contributed by atoms with Crippen molar-refractivity contribution in [3.63, 3.8) is 0 Å². The number of hydrogen-bond donors (Lipinski definition) is 0. The molecule has 1 atom stereocenters. The van der Waals surface area contributed by atoms with Crippen molar-refractivity contribution in [2.45, 2.75) is 6.42 Å². The molecule has 2 fully saturated rings. The van der Waals surface area contributed by atoms with E-state index in [-0.39, 0.29) is 24.2 Å². The summed E-state index contributed by atoms with van der Waals surface area (Å²) < 4.78 is 5.33. The van der Waals surface area contributed by atoms with E-state index >= 15 is 0 Å². The van der Waals surface area contributed by atoms with Gasteiger partial charge in [-0.2, -0.15) is 0 Å². The number of amides is 2. The third-order valence-electron chi connectivity index (χ3n) is 4.72. The molecule has 7 heteroatoms. The minimum absolute atomic E-state index is 0.0666. The molecule has 0 N–H and O–H groups in total. The smallest absolute Gasteiger partial charge is 0.228 e. The predicted octanol–water partition coefficient (Wildman–Crippen LogP) is 1.48. The zero-order valence-electron chi connectivity index (χ0n) is 14.0. The number of piperazine rings is 1. The van der Waals surface area contributed by atoms with Gasteiger partial charge in [0.25, 0.3) is 0 Å². The molecule has 24 heavy (non-hydrogen) atoms. The van der Waals surface area contributed by atoms with Gasteiger partial charge in [0.15, 0.2) is 0 Å². The van der Waals surface area contributed by atoms with Gasteiger partial charge in [0.1, 0.15) is 5.75 Å². The molecule has 0 spiro atoms. The van der Waals surface area contributed by atoms with Gasteiger partial charge in [0.05, 0.1) is 18.7 Å². The summed E-state index contributed by atoms with van der Waals surface area (Å²) in [6, 6.07) is 5.17. The summed E-state index contributed by atoms with van der Waals surface area (Å²) in [7, 11) is 3.61. The van der Waals surface area contributed by atoms with Crippen molar-refractivity contribution < 1.29 is 14.3 Å². The maximum Gasteiger partial charge on any atom is 0.228 e. The van der Waals surface area contributed by atoms with Crippen LogP contribution in [-0.4, -0.2) is 68.5 Å². The van der Waals surface area contributed by atoms with Gasteiger partial charge < -0.3 is 19.4 Å². The summed E-state index contributed by atoms with van der Waals surface area (Å²) in [6.45, 7) is 3.57. The lowest BCUT2D eigenvalue weighted by Crippen LogP contribution is -2.49. The van der Waals surface area contributed by atoms with E-state index in [1.807, 2.05) is 11.9 Å². The first kappa shape index (κ1) is 17.0. The van der Waals surface area contributed by atoms with Crippen molar-refractivity contribution >= 4 is 29.1 Å². The molecule has 0 radical (unpaired) electrons. The molecule has 1 unspecified atom stereocenters. The summed E-state index contributed by atoms with van der Waals surface area (Å²) in [4.78, 5) is 30.9. The Balaban J connectivity index is 1.74. The van der Waals surface area contributed by atoms with Gasteiger partial charge in [0.2, 0.25) is 11.8 Å². The number of likely N-dealkylation sites (N-methyl/N-ethyl adjacent to an activating group) is 1. The number of hydrogen-bond acceptors (Lipinski definition) is 4. The van der Waals surface area contributed by atoms with E-state index in [2.05, 4.69) is 4.90 Å². The summed E-state index contributed by atoms with van der Waals surface area (Å²) in [5, 5.41) is 0.535. The van der Waals surface area contributed by atoms with Crippen LogP contribution in [0.3, 0.4) is 0 Å². The molecule has 2 amide bonds. The lowest BCUT2D eigenvalue weighted by atomic mass is 10.1. The number of benzene rings is 1. The van der Waals surface area contributed by atoms with Gasteiger partial charge in [-0.05, 0) is 25.2 Å². The fraction of sp³-hybridized carbons (Fsp3) is 0.529. The van der Waals surface area contributed by atoms with Crippen LogP contribution in [0.4, 0.5) is 5.69 Å². The highest BCUT2D eigenvalue weighted by Gasteiger charge is 2.38. The van der Waals surface area contributed by atoms with Crippen LogP contribution < -0.4 is 9.64 Å². The molecular formula is C17H22ClN3O3. The van der Waals surface area contributed by atoms with E-state index < -0.39 is 0 Å². The lowest BCUT2D eigenvalue weighted by Gasteiger charge is -2.33. The molecule has 2 heterocycles. The van der Waals surface area contributed by atoms with E-state index in [1.54, 1.807) is 30.2 Å². The van der Waals surface area contributed by atoms with Gasteiger partial charge in [-0.25, -0.2) is 0 Å². The number of ether oxygens (including phenoxy) is 1. The second kappa shape index (κ2) is 6.99. The van der Waals surface area contributed by atoms with Gasteiger partial charge >= 0.3 is 0 Å². The topological polar surface area (TPSA) is 53.1 Å². The van der Waals surface area contributed by atoms with Gasteiger partial charge in [-0.3, -0.25) is 9.59 Å². The molecule has 2 aliphatic rings. The Bertz CT molecular complexity index is 644. The number of carbonyl (C=O) groups excluding carboxylic acids is 2. The molecule has 6 nitrogen and oxygen atoms in total. The predicted molar refractivity (Wildman–Crippen MR) is 92.5 cm³/mol. The van der Waals surface area contributed by atoms with Crippen LogP contribution in [0.5, 0.6) is 5.75 Å². The molecule has 2 aliphatic heterocycles. The van der Waals surface area contributed by atoms with Crippen LogP contribution in [0.2, 0.25) is 5.02 Å². The Kier molecular flexibility index (Phi) is 4.96. The van der Waals surface area contributed by atoms with E-state index in [4.69, 9.17) is 16.3 Å². The maximum atomic E-state index is 12.7. The summed E-state index contributed by atoms with van der Waals surface area (Å²) in [5.41, 5.74) is 0.628. The molecule has 0 bridgehead atoms. The highest BCUT2D eigenvalue weighted by atomic mass is 35.5. The Hall–Kier alpha value is -1.79. The largest absolute Gasteiger partial charge is 0.495 e. The van der Waals surface area contributed by atoms with Crippen LogP contribution in [0.15, 0.2) is 18.2 Å². The Morgan fingerprint density at radius 2 is 1.96 bits per heavy atom. The summed E-state index contributed by atoms with van der Waals surface area (Å²) >= 11 is 6.06. The van der Waals surface area contributed by atoms with Crippen LogP contribution in [-0.2, 0) is 9.59 Å². The van der Waals surface area contributed by atoms with Crippen LogP contribution >= 0.6 is 11.6 Å². The SMILES string of the molecule is COc1ccc(Cl)cc1N1CC(C(=O)N2CCN(C)CC2)CC1=O. The van der Waals surface area contributed by atoms with Crippen molar-refractivity contribution in [1.82, 2.24) is 9.80 Å². The quantitative estimate of drug-likeness (QED) is 0.827. The Morgan fingerprint density at radius 3 is 2.62 bits per heavy atom. The zero-order valence-corrected chi connectivity index (χ0v) is 14.8. The third kappa shape index (κ3) is 3.35. The number of halogens is 1. The summed E-state index contributed by atoms with van der Waals surface area (Å²) in [5.74, 6) is 0.285. The first-order valence-electron chi connectivity index (χ1n) is 8.11. The molecular weight excluding hydrogens is 330 g/mol. The Morgan fingerprint density at radius 1 is 1.25 bits per heavy atom. The molecule has 0 aliphatic carbocycles. The van der Waals surface area contributed by atoms with Crippen molar-refractivity contribution in [3.05, 3.63) is 23.2 Å². The van der Waals surface area contributed by atoms with E-state index in [0.717, 1.165) is 26.2 Å². The lowest BCUT2D eigenvalue weighted by molar-refractivity contribution is -0.137. The van der Waals surface area contributed by atoms with Gasteiger partial charge in [-0.15, -0.1) is 0 Å². The number of nitrogens with zero attached hydrogens (tertiary/aromatic N) is 3. The number of carbonyl (C=O) groups is 2. The Labute approximate surface area is 146 Å². The highest BCUT2D eigenvalue weighted by molar-refractivity contribution is 6.31. The minimum Gasteiger partial charge on any atom is -0.495 e. The highest BCUT2D eigenvalue weighted by Crippen LogP contribution is 2.35. The standard InChI is InChI=1S/C17H22ClN3O3/c1-19-5-7-20(8-6-19)17(23)12-9-16(22)21(11-12)14-10-13(18)3-4-15(14)24-2/h3-4,10,12H,5-9,11H2,1-2H3. The number of rotatable bonds is 3. The number of methoxy groups -OCH3 is 1. The molecule has 2 saturated heterocycles. The van der Waals surface area contributed by atoms with Crippen molar-refractivity contribution in [3.8, 4) is 5.75 Å². The molecule has 1 aromatic carbocycles. The molecule has 3 rings (SSSR count). The molecule has 1 aromatic rings. The average molecular weight is 352 g/mol. The van der Waals surface area contributed by atoms with E-state index in [9.17, 15) is 9.59 Å². The molecule has 0 saturated carbocycles. The van der Waals surface area contributed by atoms with Gasteiger partial charge in [0, 0.05) is 44.2 Å². The monoisotopic (exact) mass is 351 g/mol. The fourth-order valence-electron chi connectivity index (χ4n) is 3.26. The van der Waals surface area contributed by atoms with Crippen LogP contribution in [0.25, 0.3) is 0 Å². The normalized spacial score (nSPS) is 22.1. The van der Waals surface area contributed by atoms with Crippen molar-refractivity contribution in [2.75, 3.05) is 51.8 Å². The van der Waals surface area contributed by atoms with E-state index in [1.165, 1.54) is 0 Å². The minimum atomic E-state index is -0.301. The summed E-state index contributed by atoms with van der Waals surface area (Å²) in [6.07, 6.45) is 0.237. The van der Waals surface area contributed by atoms with E-state index in [0.29, 0.717) is 23.0 Å². The molecule has 130 valence electrons. The molecule has 0 aromatic heterocycles. The average Bonchev–Trinajstić information content (AvgIpc) is 2.96. The van der Waals surface area contributed by atoms with Crippen molar-refractivity contribution in [2.24, 2.45) is 5.92 Å². The van der Waals surface area contributed by atoms with Crippen LogP contribution in [0, 0.1) is 5.92 Å².